The number of sulfone groups is 1. The smallest absolute Gasteiger partial charge is 0.147 e. The Balaban J connectivity index is 2.30. The summed E-state index contributed by atoms with van der Waals surface area (Å²) in [6.45, 7) is 0. The highest BCUT2D eigenvalue weighted by Gasteiger charge is 2.12. The van der Waals surface area contributed by atoms with Gasteiger partial charge >= 0.3 is 0 Å². The van der Waals surface area contributed by atoms with Crippen LogP contribution in [0.1, 0.15) is 44.9 Å². The van der Waals surface area contributed by atoms with E-state index in [1.807, 2.05) is 7.05 Å². The fourth-order valence-corrected chi connectivity index (χ4v) is 3.04. The van der Waals surface area contributed by atoms with Gasteiger partial charge in [-0.05, 0) is 52.0 Å². The summed E-state index contributed by atoms with van der Waals surface area (Å²) >= 11 is 0. The number of allylic oxidation sites excluding steroid dienone is 1. The van der Waals surface area contributed by atoms with Gasteiger partial charge in [0.25, 0.3) is 0 Å². The molecule has 0 radical (unpaired) electrons. The maximum Gasteiger partial charge on any atom is 0.147 e. The normalized spacial score (nSPS) is 18.8. The van der Waals surface area contributed by atoms with Crippen molar-refractivity contribution in [2.45, 2.75) is 51.0 Å². The number of nitrogens with one attached hydrogen (secondary N) is 1. The van der Waals surface area contributed by atoms with Crippen molar-refractivity contribution in [1.82, 2.24) is 5.32 Å². The van der Waals surface area contributed by atoms with E-state index in [-0.39, 0.29) is 0 Å². The monoisotopic (exact) mass is 259 g/mol. The Morgan fingerprint density at radius 3 is 2.71 bits per heavy atom. The summed E-state index contributed by atoms with van der Waals surface area (Å²) < 4.78 is 22.1. The van der Waals surface area contributed by atoms with Crippen LogP contribution < -0.4 is 5.32 Å². The number of hydrogen-bond donors (Lipinski definition) is 1. The summed E-state index contributed by atoms with van der Waals surface area (Å²) in [5.41, 5.74) is 1.55. The summed E-state index contributed by atoms with van der Waals surface area (Å²) in [4.78, 5) is 0. The first-order chi connectivity index (χ1) is 8.01. The van der Waals surface area contributed by atoms with E-state index < -0.39 is 9.84 Å². The van der Waals surface area contributed by atoms with Gasteiger partial charge in [0, 0.05) is 18.1 Å². The third-order valence-electron chi connectivity index (χ3n) is 3.37. The second-order valence-corrected chi connectivity index (χ2v) is 7.33. The molecule has 0 aromatic heterocycles. The third-order valence-corrected chi connectivity index (χ3v) is 4.40. The van der Waals surface area contributed by atoms with Gasteiger partial charge in [0.2, 0.25) is 0 Å². The van der Waals surface area contributed by atoms with Crippen molar-refractivity contribution < 1.29 is 8.42 Å². The van der Waals surface area contributed by atoms with Crippen LogP contribution in [-0.4, -0.2) is 33.5 Å². The van der Waals surface area contributed by atoms with Crippen molar-refractivity contribution in [2.24, 2.45) is 0 Å². The summed E-state index contributed by atoms with van der Waals surface area (Å²) in [5.74, 6) is 0.310. The molecular weight excluding hydrogens is 234 g/mol. The van der Waals surface area contributed by atoms with Gasteiger partial charge in [0.05, 0.1) is 0 Å². The van der Waals surface area contributed by atoms with E-state index >= 15 is 0 Å². The van der Waals surface area contributed by atoms with Crippen LogP contribution in [0.15, 0.2) is 11.6 Å². The third kappa shape index (κ3) is 6.84. The van der Waals surface area contributed by atoms with Crippen LogP contribution in [0.2, 0.25) is 0 Å². The summed E-state index contributed by atoms with van der Waals surface area (Å²) in [5, 5.41) is 3.30. The standard InChI is InChI=1S/C13H25NO2S/c1-14-13(9-6-10-17(2,15)16)11-12-7-4-3-5-8-12/h7,13-14H,3-6,8-11H2,1-2H3. The first-order valence-electron chi connectivity index (χ1n) is 6.54. The van der Waals surface area contributed by atoms with Crippen molar-refractivity contribution in [2.75, 3.05) is 19.1 Å². The highest BCUT2D eigenvalue weighted by Crippen LogP contribution is 2.22. The van der Waals surface area contributed by atoms with Gasteiger partial charge in [-0.25, -0.2) is 8.42 Å². The molecule has 0 spiro atoms. The zero-order valence-corrected chi connectivity index (χ0v) is 11.9. The van der Waals surface area contributed by atoms with Crippen molar-refractivity contribution in [3.63, 3.8) is 0 Å². The predicted octanol–water partition coefficient (Wildman–Crippen LogP) is 2.29. The lowest BCUT2D eigenvalue weighted by Gasteiger charge is -2.20. The SMILES string of the molecule is CNC(CCCS(C)(=O)=O)CC1=CCCCC1. The molecule has 0 fully saturated rings. The lowest BCUT2D eigenvalue weighted by molar-refractivity contribution is 0.496. The van der Waals surface area contributed by atoms with Crippen LogP contribution in [0, 0.1) is 0 Å². The molecule has 1 aliphatic rings. The first kappa shape index (κ1) is 14.7. The van der Waals surface area contributed by atoms with Crippen molar-refractivity contribution >= 4 is 9.84 Å². The van der Waals surface area contributed by atoms with E-state index in [9.17, 15) is 8.42 Å². The molecule has 4 heteroatoms. The van der Waals surface area contributed by atoms with Crippen LogP contribution in [0.3, 0.4) is 0 Å². The Labute approximate surface area is 106 Å². The van der Waals surface area contributed by atoms with Gasteiger partial charge in [-0.2, -0.15) is 0 Å². The van der Waals surface area contributed by atoms with E-state index in [0.717, 1.165) is 19.3 Å². The summed E-state index contributed by atoms with van der Waals surface area (Å²) in [7, 11) is -0.837. The molecule has 0 aliphatic heterocycles. The topological polar surface area (TPSA) is 46.2 Å². The number of rotatable bonds is 7. The molecule has 17 heavy (non-hydrogen) atoms. The molecule has 0 amide bonds. The molecule has 1 unspecified atom stereocenters. The Bertz CT molecular complexity index is 346. The molecule has 1 aliphatic carbocycles. The van der Waals surface area contributed by atoms with E-state index in [0.29, 0.717) is 11.8 Å². The minimum atomic E-state index is -2.80. The minimum Gasteiger partial charge on any atom is -0.317 e. The van der Waals surface area contributed by atoms with Crippen molar-refractivity contribution in [3.8, 4) is 0 Å². The van der Waals surface area contributed by atoms with Gasteiger partial charge in [-0.3, -0.25) is 0 Å². The lowest BCUT2D eigenvalue weighted by atomic mass is 9.93. The molecule has 0 aromatic rings. The average molecular weight is 259 g/mol. The van der Waals surface area contributed by atoms with Crippen LogP contribution in [0.4, 0.5) is 0 Å². The Morgan fingerprint density at radius 1 is 1.41 bits per heavy atom. The molecule has 0 saturated carbocycles. The number of hydrogen-bond acceptors (Lipinski definition) is 3. The van der Waals surface area contributed by atoms with E-state index in [4.69, 9.17) is 0 Å². The van der Waals surface area contributed by atoms with Crippen LogP contribution in [-0.2, 0) is 9.84 Å². The van der Waals surface area contributed by atoms with Gasteiger partial charge in [-0.15, -0.1) is 0 Å². The molecule has 3 nitrogen and oxygen atoms in total. The summed E-state index contributed by atoms with van der Waals surface area (Å²) in [6, 6.07) is 0.432. The van der Waals surface area contributed by atoms with Gasteiger partial charge < -0.3 is 5.32 Å². The largest absolute Gasteiger partial charge is 0.317 e. The lowest BCUT2D eigenvalue weighted by Crippen LogP contribution is -2.26. The fourth-order valence-electron chi connectivity index (χ4n) is 2.35. The van der Waals surface area contributed by atoms with Gasteiger partial charge in [-0.1, -0.05) is 11.6 Å². The van der Waals surface area contributed by atoms with E-state index in [1.54, 1.807) is 5.57 Å². The Hall–Kier alpha value is -0.350. The van der Waals surface area contributed by atoms with E-state index in [2.05, 4.69) is 11.4 Å². The zero-order chi connectivity index (χ0) is 12.7. The summed E-state index contributed by atoms with van der Waals surface area (Å²) in [6.07, 6.45) is 11.5. The maximum absolute atomic E-state index is 11.1. The second-order valence-electron chi connectivity index (χ2n) is 5.07. The predicted molar refractivity (Wildman–Crippen MR) is 73.0 cm³/mol. The molecule has 100 valence electrons. The molecule has 0 bridgehead atoms. The molecule has 1 atom stereocenters. The van der Waals surface area contributed by atoms with Crippen molar-refractivity contribution in [1.29, 1.82) is 0 Å². The molecule has 0 saturated heterocycles. The minimum absolute atomic E-state index is 0.310. The molecule has 1 N–H and O–H groups in total. The molecule has 0 aromatic carbocycles. The maximum atomic E-state index is 11.1. The second kappa shape index (κ2) is 7.17. The Morgan fingerprint density at radius 2 is 2.18 bits per heavy atom. The Kier molecular flexibility index (Phi) is 6.20. The van der Waals surface area contributed by atoms with Gasteiger partial charge in [0.1, 0.15) is 9.84 Å². The highest BCUT2D eigenvalue weighted by molar-refractivity contribution is 7.90. The molecule has 0 heterocycles. The van der Waals surface area contributed by atoms with E-state index in [1.165, 1.54) is 31.9 Å². The fraction of sp³-hybridized carbons (Fsp3) is 0.846. The van der Waals surface area contributed by atoms with Crippen LogP contribution >= 0.6 is 0 Å². The molecular formula is C13H25NO2S. The zero-order valence-electron chi connectivity index (χ0n) is 11.0. The van der Waals surface area contributed by atoms with Gasteiger partial charge in [0.15, 0.2) is 0 Å². The quantitative estimate of drug-likeness (QED) is 0.714. The highest BCUT2D eigenvalue weighted by atomic mass is 32.2. The average Bonchev–Trinajstić information content (AvgIpc) is 2.27. The first-order valence-corrected chi connectivity index (χ1v) is 8.60. The van der Waals surface area contributed by atoms with Crippen LogP contribution in [0.5, 0.6) is 0 Å². The van der Waals surface area contributed by atoms with Crippen molar-refractivity contribution in [3.05, 3.63) is 11.6 Å². The van der Waals surface area contributed by atoms with Crippen LogP contribution in [0.25, 0.3) is 0 Å². The molecule has 1 rings (SSSR count).